The predicted octanol–water partition coefficient (Wildman–Crippen LogP) is 3.43. The summed E-state index contributed by atoms with van der Waals surface area (Å²) in [5.41, 5.74) is 7.32. The van der Waals surface area contributed by atoms with Crippen molar-refractivity contribution >= 4 is 18.3 Å². The van der Waals surface area contributed by atoms with Crippen LogP contribution in [0.1, 0.15) is 50.5 Å². The highest BCUT2D eigenvalue weighted by molar-refractivity contribution is 5.85. The van der Waals surface area contributed by atoms with E-state index in [1.165, 1.54) is 19.3 Å². The third-order valence-electron chi connectivity index (χ3n) is 6.57. The Morgan fingerprint density at radius 1 is 1.15 bits per heavy atom. The lowest BCUT2D eigenvalue weighted by Gasteiger charge is -2.27. The van der Waals surface area contributed by atoms with Gasteiger partial charge in [-0.2, -0.15) is 0 Å². The van der Waals surface area contributed by atoms with Crippen molar-refractivity contribution in [3.8, 4) is 11.5 Å². The Labute approximate surface area is 167 Å². The molecular weight excluding hydrogens is 364 g/mol. The molecule has 0 spiro atoms. The van der Waals surface area contributed by atoms with E-state index in [1.807, 2.05) is 18.2 Å². The van der Waals surface area contributed by atoms with Crippen molar-refractivity contribution in [2.45, 2.75) is 63.6 Å². The summed E-state index contributed by atoms with van der Waals surface area (Å²) in [6, 6.07) is 5.94. The predicted molar refractivity (Wildman–Crippen MR) is 107 cm³/mol. The second-order valence-corrected chi connectivity index (χ2v) is 8.16. The van der Waals surface area contributed by atoms with Crippen LogP contribution in [0.3, 0.4) is 0 Å². The molecule has 0 radical (unpaired) electrons. The molecular formula is C21H31ClN2O3. The van der Waals surface area contributed by atoms with E-state index in [9.17, 15) is 4.79 Å². The fraction of sp³-hybridized carbons (Fsp3) is 0.667. The van der Waals surface area contributed by atoms with Crippen LogP contribution >= 0.6 is 12.4 Å². The molecule has 0 saturated heterocycles. The summed E-state index contributed by atoms with van der Waals surface area (Å²) in [4.78, 5) is 12.7. The monoisotopic (exact) mass is 394 g/mol. The minimum Gasteiger partial charge on any atom is -0.493 e. The Hall–Kier alpha value is -1.46. The molecule has 1 aromatic rings. The van der Waals surface area contributed by atoms with Gasteiger partial charge >= 0.3 is 0 Å². The second-order valence-electron chi connectivity index (χ2n) is 8.16. The number of rotatable bonds is 6. The highest BCUT2D eigenvalue weighted by Crippen LogP contribution is 2.47. The van der Waals surface area contributed by atoms with Crippen molar-refractivity contribution in [3.05, 3.63) is 23.8 Å². The molecule has 150 valence electrons. The molecule has 1 amide bonds. The van der Waals surface area contributed by atoms with E-state index in [2.05, 4.69) is 5.32 Å². The quantitative estimate of drug-likeness (QED) is 0.775. The molecule has 27 heavy (non-hydrogen) atoms. The smallest absolute Gasteiger partial charge is 0.225 e. The molecule has 4 rings (SSSR count). The number of halogens is 1. The molecule has 3 aliphatic carbocycles. The van der Waals surface area contributed by atoms with Gasteiger partial charge in [0.2, 0.25) is 5.91 Å². The number of carbonyl (C=O) groups excluding carboxylic acids is 1. The van der Waals surface area contributed by atoms with Gasteiger partial charge in [0.15, 0.2) is 11.5 Å². The van der Waals surface area contributed by atoms with Crippen LogP contribution in [0, 0.1) is 17.8 Å². The molecule has 2 bridgehead atoms. The number of nitrogens with one attached hydrogen (secondary N) is 1. The van der Waals surface area contributed by atoms with Crippen LogP contribution in [0.2, 0.25) is 0 Å². The van der Waals surface area contributed by atoms with Gasteiger partial charge in [-0.3, -0.25) is 4.79 Å². The standard InChI is InChI=1S/C21H30N2O3.ClH/c1-25-17-9-6-13(10-18(17)26-16-4-2-3-5-16)12-23-21(24)19-14-7-8-15(11-14)20(19)22;/h6,9-10,14-16,19-20H,2-5,7-8,11-12,22H2,1H3,(H,23,24);1H. The first-order valence-corrected chi connectivity index (χ1v) is 10.0. The lowest BCUT2D eigenvalue weighted by molar-refractivity contribution is -0.127. The van der Waals surface area contributed by atoms with Crippen LogP contribution in [0.15, 0.2) is 18.2 Å². The minimum atomic E-state index is -0.0128. The SMILES string of the molecule is COc1ccc(CNC(=O)C2C3CCC(C3)C2N)cc1OC1CCCC1.Cl. The van der Waals surface area contributed by atoms with Gasteiger partial charge in [-0.1, -0.05) is 6.07 Å². The number of amides is 1. The van der Waals surface area contributed by atoms with E-state index < -0.39 is 0 Å². The van der Waals surface area contributed by atoms with Crippen LogP contribution in [-0.2, 0) is 11.3 Å². The van der Waals surface area contributed by atoms with Crippen LogP contribution in [0.25, 0.3) is 0 Å². The minimum absolute atomic E-state index is 0. The number of methoxy groups -OCH3 is 1. The van der Waals surface area contributed by atoms with Crippen molar-refractivity contribution in [2.75, 3.05) is 7.11 Å². The topological polar surface area (TPSA) is 73.6 Å². The Morgan fingerprint density at radius 3 is 2.56 bits per heavy atom. The molecule has 3 fully saturated rings. The molecule has 3 saturated carbocycles. The number of hydrogen-bond donors (Lipinski definition) is 2. The summed E-state index contributed by atoms with van der Waals surface area (Å²) in [6.45, 7) is 0.504. The third kappa shape index (κ3) is 4.19. The zero-order valence-corrected chi connectivity index (χ0v) is 16.8. The first-order chi connectivity index (χ1) is 12.7. The van der Waals surface area contributed by atoms with Crippen LogP contribution in [-0.4, -0.2) is 25.2 Å². The average molecular weight is 395 g/mol. The van der Waals surface area contributed by atoms with Gasteiger partial charge in [-0.05, 0) is 74.5 Å². The number of ether oxygens (including phenoxy) is 2. The maximum absolute atomic E-state index is 12.7. The first kappa shape index (κ1) is 20.3. The lowest BCUT2D eigenvalue weighted by atomic mass is 9.84. The van der Waals surface area contributed by atoms with Crippen molar-refractivity contribution in [1.82, 2.24) is 5.32 Å². The molecule has 0 heterocycles. The molecule has 3 aliphatic rings. The Morgan fingerprint density at radius 2 is 1.89 bits per heavy atom. The summed E-state index contributed by atoms with van der Waals surface area (Å²) in [7, 11) is 1.66. The van der Waals surface area contributed by atoms with E-state index in [-0.39, 0.29) is 36.4 Å². The molecule has 3 N–H and O–H groups in total. The molecule has 0 aromatic heterocycles. The zero-order valence-electron chi connectivity index (χ0n) is 16.0. The van der Waals surface area contributed by atoms with Crippen molar-refractivity contribution in [2.24, 2.45) is 23.5 Å². The molecule has 1 aromatic carbocycles. The highest BCUT2D eigenvalue weighted by Gasteiger charge is 2.48. The van der Waals surface area contributed by atoms with Crippen LogP contribution in [0.5, 0.6) is 11.5 Å². The van der Waals surface area contributed by atoms with E-state index in [4.69, 9.17) is 15.2 Å². The van der Waals surface area contributed by atoms with Gasteiger partial charge in [0.1, 0.15) is 0 Å². The molecule has 4 unspecified atom stereocenters. The summed E-state index contributed by atoms with van der Waals surface area (Å²) >= 11 is 0. The van der Waals surface area contributed by atoms with Crippen molar-refractivity contribution in [3.63, 3.8) is 0 Å². The van der Waals surface area contributed by atoms with Gasteiger partial charge < -0.3 is 20.5 Å². The molecule has 5 nitrogen and oxygen atoms in total. The maximum atomic E-state index is 12.7. The summed E-state index contributed by atoms with van der Waals surface area (Å²) in [5, 5.41) is 3.10. The van der Waals surface area contributed by atoms with Crippen LogP contribution in [0.4, 0.5) is 0 Å². The van der Waals surface area contributed by atoms with Gasteiger partial charge in [-0.25, -0.2) is 0 Å². The highest BCUT2D eigenvalue weighted by atomic mass is 35.5. The van der Waals surface area contributed by atoms with Crippen LogP contribution < -0.4 is 20.5 Å². The van der Waals surface area contributed by atoms with E-state index in [0.717, 1.165) is 42.7 Å². The number of fused-ring (bicyclic) bond motifs is 2. The molecule has 4 atom stereocenters. The van der Waals surface area contributed by atoms with Gasteiger partial charge in [0.25, 0.3) is 0 Å². The number of hydrogen-bond acceptors (Lipinski definition) is 4. The van der Waals surface area contributed by atoms with Crippen molar-refractivity contribution < 1.29 is 14.3 Å². The first-order valence-electron chi connectivity index (χ1n) is 10.0. The van der Waals surface area contributed by atoms with Gasteiger partial charge in [0.05, 0.1) is 19.1 Å². The van der Waals surface area contributed by atoms with E-state index in [0.29, 0.717) is 18.4 Å². The average Bonchev–Trinajstić information content (AvgIpc) is 3.37. The summed E-state index contributed by atoms with van der Waals surface area (Å²) in [6.07, 6.45) is 8.41. The summed E-state index contributed by atoms with van der Waals surface area (Å²) in [5.74, 6) is 2.65. The Balaban J connectivity index is 0.00000210. The molecule has 0 aliphatic heterocycles. The number of carbonyl (C=O) groups is 1. The molecule has 6 heteroatoms. The third-order valence-corrected chi connectivity index (χ3v) is 6.57. The maximum Gasteiger partial charge on any atom is 0.225 e. The van der Waals surface area contributed by atoms with E-state index >= 15 is 0 Å². The largest absolute Gasteiger partial charge is 0.493 e. The zero-order chi connectivity index (χ0) is 18.1. The fourth-order valence-electron chi connectivity index (χ4n) is 5.14. The summed E-state index contributed by atoms with van der Waals surface area (Å²) < 4.78 is 11.6. The Bertz CT molecular complexity index is 661. The van der Waals surface area contributed by atoms with E-state index in [1.54, 1.807) is 7.11 Å². The lowest BCUT2D eigenvalue weighted by Crippen LogP contribution is -2.45. The second kappa shape index (κ2) is 8.70. The van der Waals surface area contributed by atoms with Gasteiger partial charge in [-0.15, -0.1) is 12.4 Å². The number of nitrogens with two attached hydrogens (primary N) is 1. The number of benzene rings is 1. The Kier molecular flexibility index (Phi) is 6.53. The fourth-order valence-corrected chi connectivity index (χ4v) is 5.14. The van der Waals surface area contributed by atoms with Crippen molar-refractivity contribution in [1.29, 1.82) is 0 Å². The normalized spacial score (nSPS) is 29.4. The van der Waals surface area contributed by atoms with Gasteiger partial charge in [0, 0.05) is 12.6 Å².